The van der Waals surface area contributed by atoms with E-state index in [1.165, 1.54) is 15.7 Å². The smallest absolute Gasteiger partial charge is 0.210 e. The number of thioether (sulfide) groups is 1. The first-order valence-corrected chi connectivity index (χ1v) is 10.5. The van der Waals surface area contributed by atoms with Gasteiger partial charge in [-0.1, -0.05) is 40.6 Å². The average molecular weight is 364 g/mol. The monoisotopic (exact) mass is 363 g/mol. The van der Waals surface area contributed by atoms with E-state index in [-0.39, 0.29) is 14.7 Å². The summed E-state index contributed by atoms with van der Waals surface area (Å²) in [7, 11) is -0.257. The Labute approximate surface area is 126 Å². The van der Waals surface area contributed by atoms with Gasteiger partial charge in [0.15, 0.2) is 0 Å². The number of carbonyl (C=O) groups is 1. The summed E-state index contributed by atoms with van der Waals surface area (Å²) in [6, 6.07) is 3.81. The molecule has 1 aliphatic rings. The Morgan fingerprint density at radius 1 is 1.44 bits per heavy atom. The van der Waals surface area contributed by atoms with Gasteiger partial charge in [0.25, 0.3) is 0 Å². The van der Waals surface area contributed by atoms with E-state index in [1.54, 1.807) is 11.8 Å². The molecule has 1 aromatic rings. The Morgan fingerprint density at radius 3 is 2.72 bits per heavy atom. The minimum atomic E-state index is -0.257. The Hall–Kier alpha value is 0.120. The predicted octanol–water partition coefficient (Wildman–Crippen LogP) is 4.53. The summed E-state index contributed by atoms with van der Waals surface area (Å²) >= 11 is 6.86. The molecule has 0 spiro atoms. The molecular weight excluding hydrogens is 350 g/mol. The highest BCUT2D eigenvalue weighted by molar-refractivity contribution is 9.54. The van der Waals surface area contributed by atoms with Crippen LogP contribution in [0.15, 0.2) is 27.8 Å². The van der Waals surface area contributed by atoms with E-state index in [4.69, 9.17) is 0 Å². The molecule has 6 heteroatoms. The number of hydrogen-bond donors (Lipinski definition) is 0. The van der Waals surface area contributed by atoms with Gasteiger partial charge >= 0.3 is 0 Å². The maximum Gasteiger partial charge on any atom is 0.210 e. The number of hydrogen-bond acceptors (Lipinski definition) is 4. The number of carbonyl (C=O) groups excluding carboxylic acids is 1. The number of rotatable bonds is 4. The molecule has 2 nitrogen and oxygen atoms in total. The SMILES string of the molecule is CCN(CC)C1=S(Br)C(C(=O)c2cccs2)=CS1. The van der Waals surface area contributed by atoms with E-state index in [2.05, 4.69) is 33.6 Å². The molecule has 0 amide bonds. The molecule has 0 aliphatic carbocycles. The van der Waals surface area contributed by atoms with E-state index in [0.717, 1.165) is 22.9 Å². The van der Waals surface area contributed by atoms with Crippen molar-refractivity contribution in [3.63, 3.8) is 0 Å². The van der Waals surface area contributed by atoms with Crippen LogP contribution in [0.4, 0.5) is 0 Å². The van der Waals surface area contributed by atoms with Crippen molar-refractivity contribution in [2.45, 2.75) is 13.8 Å². The molecule has 2 rings (SSSR count). The van der Waals surface area contributed by atoms with Gasteiger partial charge in [0, 0.05) is 13.1 Å². The summed E-state index contributed by atoms with van der Waals surface area (Å²) < 4.78 is 1.25. The van der Waals surface area contributed by atoms with E-state index < -0.39 is 0 Å². The number of halogens is 1. The number of ketones is 1. The number of Topliss-reactive ketones (excluding diaryl/α,β-unsaturated/α-hetero) is 1. The van der Waals surface area contributed by atoms with Crippen molar-refractivity contribution < 1.29 is 4.79 Å². The molecular formula is C12H14BrNOS3. The number of thiophene rings is 1. The third-order valence-electron chi connectivity index (χ3n) is 2.60. The van der Waals surface area contributed by atoms with Crippen molar-refractivity contribution in [3.8, 4) is 0 Å². The van der Waals surface area contributed by atoms with Gasteiger partial charge in [-0.2, -0.15) is 0 Å². The first-order chi connectivity index (χ1) is 8.69. The summed E-state index contributed by atoms with van der Waals surface area (Å²) in [5.41, 5.74) is 0. The van der Waals surface area contributed by atoms with E-state index in [1.807, 2.05) is 22.9 Å². The van der Waals surface area contributed by atoms with Crippen LogP contribution < -0.4 is 0 Å². The van der Waals surface area contributed by atoms with Gasteiger partial charge in [-0.15, -0.1) is 11.3 Å². The van der Waals surface area contributed by atoms with Crippen molar-refractivity contribution in [2.24, 2.45) is 0 Å². The molecule has 2 heterocycles. The van der Waals surface area contributed by atoms with Gasteiger partial charge in [-0.05, 0) is 31.7 Å². The van der Waals surface area contributed by atoms with Gasteiger partial charge in [0.05, 0.1) is 14.1 Å². The van der Waals surface area contributed by atoms with Crippen LogP contribution >= 0.6 is 46.8 Å². The second-order valence-electron chi connectivity index (χ2n) is 3.60. The van der Waals surface area contributed by atoms with Crippen molar-refractivity contribution >= 4 is 56.9 Å². The highest BCUT2D eigenvalue weighted by Crippen LogP contribution is 2.47. The fourth-order valence-corrected chi connectivity index (χ4v) is 7.69. The maximum absolute atomic E-state index is 12.3. The van der Waals surface area contributed by atoms with Crippen LogP contribution in [0.3, 0.4) is 0 Å². The van der Waals surface area contributed by atoms with Gasteiger partial charge in [-0.25, -0.2) is 0 Å². The lowest BCUT2D eigenvalue weighted by molar-refractivity contribution is 0.104. The van der Waals surface area contributed by atoms with Crippen LogP contribution in [-0.2, 0) is 0 Å². The topological polar surface area (TPSA) is 20.3 Å². The third kappa shape index (κ3) is 2.82. The highest BCUT2D eigenvalue weighted by Gasteiger charge is 2.25. The molecule has 0 aromatic carbocycles. The van der Waals surface area contributed by atoms with E-state index >= 15 is 0 Å². The van der Waals surface area contributed by atoms with Crippen molar-refractivity contribution in [1.82, 2.24) is 4.90 Å². The first-order valence-electron chi connectivity index (χ1n) is 5.66. The van der Waals surface area contributed by atoms with Crippen LogP contribution in [0.5, 0.6) is 0 Å². The van der Waals surface area contributed by atoms with Gasteiger partial charge in [0.1, 0.15) is 0 Å². The molecule has 1 unspecified atom stereocenters. The zero-order valence-corrected chi connectivity index (χ0v) is 14.2. The van der Waals surface area contributed by atoms with Crippen molar-refractivity contribution in [2.75, 3.05) is 13.1 Å². The third-order valence-corrected chi connectivity index (χ3v) is 9.09. The van der Waals surface area contributed by atoms with Gasteiger partial charge < -0.3 is 0 Å². The Bertz CT molecular complexity index is 503. The van der Waals surface area contributed by atoms with E-state index in [0.29, 0.717) is 0 Å². The van der Waals surface area contributed by atoms with E-state index in [9.17, 15) is 4.79 Å². The molecule has 0 saturated heterocycles. The van der Waals surface area contributed by atoms with Crippen LogP contribution in [0.2, 0.25) is 0 Å². The molecule has 98 valence electrons. The Morgan fingerprint density at radius 2 is 2.17 bits per heavy atom. The zero-order chi connectivity index (χ0) is 13.1. The molecule has 1 atom stereocenters. The zero-order valence-electron chi connectivity index (χ0n) is 10.2. The molecule has 1 aromatic heterocycles. The summed E-state index contributed by atoms with van der Waals surface area (Å²) in [5.74, 6) is 0.153. The number of allylic oxidation sites excluding steroid dienone is 1. The Balaban J connectivity index is 2.25. The van der Waals surface area contributed by atoms with Crippen LogP contribution in [0.25, 0.3) is 0 Å². The summed E-state index contributed by atoms with van der Waals surface area (Å²) in [5, 5.41) is 3.94. The molecule has 0 saturated carbocycles. The molecule has 0 N–H and O–H groups in total. The highest BCUT2D eigenvalue weighted by atomic mass is 79.9. The number of nitrogens with zero attached hydrogens (tertiary/aromatic N) is 1. The summed E-state index contributed by atoms with van der Waals surface area (Å²) in [6.07, 6.45) is 0. The fourth-order valence-electron chi connectivity index (χ4n) is 1.62. The predicted molar refractivity (Wildman–Crippen MR) is 88.8 cm³/mol. The van der Waals surface area contributed by atoms with Crippen LogP contribution in [0.1, 0.15) is 23.5 Å². The molecule has 0 radical (unpaired) electrons. The Kier molecular flexibility index (Phi) is 5.26. The second kappa shape index (κ2) is 6.52. The normalized spacial score (nSPS) is 19.4. The largest absolute Gasteiger partial charge is 0.287 e. The van der Waals surface area contributed by atoms with Crippen LogP contribution in [-0.4, -0.2) is 28.1 Å². The minimum absolute atomic E-state index is 0.153. The quantitative estimate of drug-likeness (QED) is 0.578. The molecule has 0 bridgehead atoms. The lowest BCUT2D eigenvalue weighted by Crippen LogP contribution is -2.26. The molecule has 0 fully saturated rings. The standard InChI is InChI=1S/C12H14BrNOS3/c1-3-14(4-2)12-17-8-10(18(12)13)11(15)9-6-5-7-16-9/h5-8H,3-4H2,1-2H3. The minimum Gasteiger partial charge on any atom is -0.287 e. The van der Waals surface area contributed by atoms with Crippen molar-refractivity contribution in [3.05, 3.63) is 32.7 Å². The summed E-state index contributed by atoms with van der Waals surface area (Å²) in [4.78, 5) is 16.3. The lowest BCUT2D eigenvalue weighted by Gasteiger charge is -2.19. The maximum atomic E-state index is 12.3. The fraction of sp³-hybridized carbons (Fsp3) is 0.333. The lowest BCUT2D eigenvalue weighted by atomic mass is 10.3. The molecule has 18 heavy (non-hydrogen) atoms. The average Bonchev–Trinajstić information content (AvgIpc) is 3.01. The van der Waals surface area contributed by atoms with Gasteiger partial charge in [-0.3, -0.25) is 9.69 Å². The first kappa shape index (κ1) is 14.5. The van der Waals surface area contributed by atoms with Gasteiger partial charge in [0.2, 0.25) is 5.78 Å². The van der Waals surface area contributed by atoms with Crippen LogP contribution in [0, 0.1) is 0 Å². The van der Waals surface area contributed by atoms with Crippen molar-refractivity contribution in [1.29, 1.82) is 0 Å². The summed E-state index contributed by atoms with van der Waals surface area (Å²) in [6.45, 7) is 6.23. The second-order valence-corrected chi connectivity index (χ2v) is 8.95. The molecule has 1 aliphatic heterocycles.